The lowest BCUT2D eigenvalue weighted by Crippen LogP contribution is -2.35. The summed E-state index contributed by atoms with van der Waals surface area (Å²) >= 11 is 0. The number of hydrogen-bond acceptors (Lipinski definition) is 5. The van der Waals surface area contributed by atoms with Crippen LogP contribution in [0.25, 0.3) is 0 Å². The first kappa shape index (κ1) is 14.8. The first-order valence-corrected chi connectivity index (χ1v) is 7.26. The largest absolute Gasteiger partial charge is 0.497 e. The van der Waals surface area contributed by atoms with E-state index in [4.69, 9.17) is 4.74 Å². The molecule has 7 heteroatoms. The van der Waals surface area contributed by atoms with Crippen molar-refractivity contribution in [1.29, 1.82) is 0 Å². The van der Waals surface area contributed by atoms with E-state index in [1.54, 1.807) is 6.07 Å². The topological polar surface area (TPSA) is 58.9 Å². The van der Waals surface area contributed by atoms with Crippen LogP contribution in [0.3, 0.4) is 0 Å². The number of ether oxygens (including phenoxy) is 1. The van der Waals surface area contributed by atoms with E-state index in [9.17, 15) is 14.5 Å². The van der Waals surface area contributed by atoms with Crippen molar-refractivity contribution in [1.82, 2.24) is 4.90 Å². The Morgan fingerprint density at radius 3 is 2.73 bits per heavy atom. The molecular formula is C15H18FN3O3. The van der Waals surface area contributed by atoms with Gasteiger partial charge in [-0.3, -0.25) is 15.0 Å². The standard InChI is InChI=1S/C15H18FN3O3/c1-22-12-8-13(16)15(19(20)21)14(9-12)18-7-4-11(10-18)17-5-2-3-6-17/h2-3,8-9,11H,4-7,10H2,1H3. The monoisotopic (exact) mass is 307 g/mol. The molecule has 1 aromatic rings. The van der Waals surface area contributed by atoms with Gasteiger partial charge in [0.25, 0.3) is 0 Å². The van der Waals surface area contributed by atoms with Gasteiger partial charge in [0.05, 0.1) is 12.0 Å². The molecule has 0 aromatic heterocycles. The van der Waals surface area contributed by atoms with Crippen LogP contribution >= 0.6 is 0 Å². The Morgan fingerprint density at radius 1 is 1.36 bits per heavy atom. The van der Waals surface area contributed by atoms with Crippen LogP contribution < -0.4 is 9.64 Å². The summed E-state index contributed by atoms with van der Waals surface area (Å²) in [5.41, 5.74) is -0.169. The smallest absolute Gasteiger partial charge is 0.328 e. The van der Waals surface area contributed by atoms with Gasteiger partial charge in [0.15, 0.2) is 0 Å². The van der Waals surface area contributed by atoms with E-state index < -0.39 is 16.4 Å². The van der Waals surface area contributed by atoms with Gasteiger partial charge >= 0.3 is 5.69 Å². The Kier molecular flexibility index (Phi) is 3.98. The summed E-state index contributed by atoms with van der Waals surface area (Å²) in [6.45, 7) is 3.16. The van der Waals surface area contributed by atoms with Gasteiger partial charge in [-0.05, 0) is 6.42 Å². The van der Waals surface area contributed by atoms with Crippen LogP contribution in [-0.4, -0.2) is 49.2 Å². The molecule has 2 heterocycles. The zero-order valence-corrected chi connectivity index (χ0v) is 12.4. The molecule has 0 radical (unpaired) electrons. The van der Waals surface area contributed by atoms with E-state index >= 15 is 0 Å². The van der Waals surface area contributed by atoms with Crippen molar-refractivity contribution >= 4 is 11.4 Å². The predicted octanol–water partition coefficient (Wildman–Crippen LogP) is 2.19. The van der Waals surface area contributed by atoms with Crippen molar-refractivity contribution in [3.63, 3.8) is 0 Å². The van der Waals surface area contributed by atoms with Gasteiger partial charge in [-0.1, -0.05) is 12.2 Å². The molecule has 0 bridgehead atoms. The molecule has 6 nitrogen and oxygen atoms in total. The first-order valence-electron chi connectivity index (χ1n) is 7.26. The van der Waals surface area contributed by atoms with Crippen LogP contribution in [0.5, 0.6) is 5.75 Å². The highest BCUT2D eigenvalue weighted by Crippen LogP contribution is 2.37. The fourth-order valence-electron chi connectivity index (χ4n) is 3.15. The Balaban J connectivity index is 1.87. The second-order valence-corrected chi connectivity index (χ2v) is 5.55. The van der Waals surface area contributed by atoms with Gasteiger partial charge in [0, 0.05) is 44.4 Å². The summed E-state index contributed by atoms with van der Waals surface area (Å²) in [7, 11) is 1.42. The molecule has 1 aromatic carbocycles. The number of hydrogen-bond donors (Lipinski definition) is 0. The van der Waals surface area contributed by atoms with Gasteiger partial charge in [0.2, 0.25) is 5.82 Å². The zero-order chi connectivity index (χ0) is 15.7. The Morgan fingerprint density at radius 2 is 2.09 bits per heavy atom. The van der Waals surface area contributed by atoms with Crippen molar-refractivity contribution in [2.75, 3.05) is 38.2 Å². The highest BCUT2D eigenvalue weighted by molar-refractivity contribution is 5.67. The fraction of sp³-hybridized carbons (Fsp3) is 0.467. The minimum absolute atomic E-state index is 0.296. The van der Waals surface area contributed by atoms with Crippen LogP contribution in [0.1, 0.15) is 6.42 Å². The van der Waals surface area contributed by atoms with Gasteiger partial charge in [-0.25, -0.2) is 0 Å². The molecule has 118 valence electrons. The summed E-state index contributed by atoms with van der Waals surface area (Å²) in [6.07, 6.45) is 5.16. The molecular weight excluding hydrogens is 289 g/mol. The first-order chi connectivity index (χ1) is 10.6. The van der Waals surface area contributed by atoms with E-state index in [1.807, 2.05) is 4.90 Å². The number of nitro benzene ring substituents is 1. The Labute approximate surface area is 127 Å². The molecule has 1 unspecified atom stereocenters. The van der Waals surface area contributed by atoms with Crippen molar-refractivity contribution in [3.8, 4) is 5.75 Å². The number of methoxy groups -OCH3 is 1. The highest BCUT2D eigenvalue weighted by Gasteiger charge is 2.33. The number of benzene rings is 1. The average molecular weight is 307 g/mol. The van der Waals surface area contributed by atoms with E-state index in [0.717, 1.165) is 25.6 Å². The maximum atomic E-state index is 14.0. The van der Waals surface area contributed by atoms with Gasteiger partial charge in [-0.2, -0.15) is 4.39 Å². The maximum Gasteiger partial charge on any atom is 0.328 e. The van der Waals surface area contributed by atoms with Crippen LogP contribution in [0.15, 0.2) is 24.3 Å². The lowest BCUT2D eigenvalue weighted by molar-refractivity contribution is -0.386. The van der Waals surface area contributed by atoms with Crippen LogP contribution in [-0.2, 0) is 0 Å². The van der Waals surface area contributed by atoms with Crippen molar-refractivity contribution < 1.29 is 14.1 Å². The third kappa shape index (κ3) is 2.64. The fourth-order valence-corrected chi connectivity index (χ4v) is 3.15. The normalized spacial score (nSPS) is 21.5. The SMILES string of the molecule is COc1cc(F)c([N+](=O)[O-])c(N2CCC(N3CC=CC3)C2)c1. The summed E-state index contributed by atoms with van der Waals surface area (Å²) in [5, 5.41) is 11.2. The predicted molar refractivity (Wildman–Crippen MR) is 80.9 cm³/mol. The molecule has 1 fully saturated rings. The van der Waals surface area contributed by atoms with Crippen LogP contribution in [0.4, 0.5) is 15.8 Å². The van der Waals surface area contributed by atoms with Crippen LogP contribution in [0.2, 0.25) is 0 Å². The molecule has 2 aliphatic rings. The Bertz CT molecular complexity index is 612. The molecule has 22 heavy (non-hydrogen) atoms. The summed E-state index contributed by atoms with van der Waals surface area (Å²) in [5.74, 6) is -0.560. The van der Waals surface area contributed by atoms with Crippen molar-refractivity contribution in [2.45, 2.75) is 12.5 Å². The Hall–Kier alpha value is -2.15. The molecule has 0 spiro atoms. The minimum atomic E-state index is -0.856. The molecule has 1 saturated heterocycles. The zero-order valence-electron chi connectivity index (χ0n) is 12.4. The van der Waals surface area contributed by atoms with Crippen molar-refractivity contribution in [2.24, 2.45) is 0 Å². The molecule has 0 amide bonds. The maximum absolute atomic E-state index is 14.0. The highest BCUT2D eigenvalue weighted by atomic mass is 19.1. The van der Waals surface area contributed by atoms with E-state index in [1.165, 1.54) is 7.11 Å². The van der Waals surface area contributed by atoms with Gasteiger partial charge < -0.3 is 9.64 Å². The number of halogens is 1. The van der Waals surface area contributed by atoms with Gasteiger partial charge in [0.1, 0.15) is 11.4 Å². The summed E-state index contributed by atoms with van der Waals surface area (Å²) < 4.78 is 19.1. The lowest BCUT2D eigenvalue weighted by Gasteiger charge is -2.24. The molecule has 0 aliphatic carbocycles. The molecule has 0 saturated carbocycles. The molecule has 2 aliphatic heterocycles. The number of nitro groups is 1. The van der Waals surface area contributed by atoms with E-state index in [-0.39, 0.29) is 0 Å². The third-order valence-electron chi connectivity index (χ3n) is 4.30. The minimum Gasteiger partial charge on any atom is -0.497 e. The molecule has 0 N–H and O–H groups in total. The van der Waals surface area contributed by atoms with E-state index in [0.29, 0.717) is 30.6 Å². The van der Waals surface area contributed by atoms with Gasteiger partial charge in [-0.15, -0.1) is 0 Å². The number of nitrogens with zero attached hydrogens (tertiary/aromatic N) is 3. The third-order valence-corrected chi connectivity index (χ3v) is 4.30. The summed E-state index contributed by atoms with van der Waals surface area (Å²) in [4.78, 5) is 14.8. The molecule has 3 rings (SSSR count). The number of rotatable bonds is 4. The number of anilines is 1. The van der Waals surface area contributed by atoms with E-state index in [2.05, 4.69) is 17.1 Å². The second-order valence-electron chi connectivity index (χ2n) is 5.55. The molecule has 1 atom stereocenters. The second kappa shape index (κ2) is 5.92. The summed E-state index contributed by atoms with van der Waals surface area (Å²) in [6, 6.07) is 2.94. The average Bonchev–Trinajstić information content (AvgIpc) is 3.16. The van der Waals surface area contributed by atoms with Crippen molar-refractivity contribution in [3.05, 3.63) is 40.2 Å². The quantitative estimate of drug-likeness (QED) is 0.485. The lowest BCUT2D eigenvalue weighted by atomic mass is 10.2. The van der Waals surface area contributed by atoms with Crippen LogP contribution in [0, 0.1) is 15.9 Å².